The van der Waals surface area contributed by atoms with Crippen molar-refractivity contribution in [3.63, 3.8) is 0 Å². The molecule has 0 N–H and O–H groups in total. The lowest BCUT2D eigenvalue weighted by Crippen LogP contribution is -1.91. The maximum absolute atomic E-state index is 10.7. The molecule has 5 heteroatoms. The molecule has 0 saturated heterocycles. The Morgan fingerprint density at radius 2 is 2.10 bits per heavy atom. The molecule has 1 aliphatic rings. The fourth-order valence-electron chi connectivity index (χ4n) is 2.70. The molecule has 1 aromatic carbocycles. The third kappa shape index (κ3) is 3.36. The molecule has 3 rings (SSSR count). The Bertz CT molecular complexity index is 672. The van der Waals surface area contributed by atoms with Crippen LogP contribution in [0.3, 0.4) is 0 Å². The van der Waals surface area contributed by atoms with Crippen molar-refractivity contribution in [3.8, 4) is 0 Å². The molecule has 1 aromatic heterocycles. The molecule has 1 fully saturated rings. The lowest BCUT2D eigenvalue weighted by atomic mass is 10.1. The Labute approximate surface area is 127 Å². The Hall–Kier alpha value is -2.01. The predicted octanol–water partition coefficient (Wildman–Crippen LogP) is 4.88. The molecule has 4 nitrogen and oxygen atoms in total. The van der Waals surface area contributed by atoms with Crippen molar-refractivity contribution in [2.75, 3.05) is 0 Å². The number of nitro groups is 1. The van der Waals surface area contributed by atoms with Crippen LogP contribution in [0.25, 0.3) is 12.2 Å². The topological polar surface area (TPSA) is 56.0 Å². The van der Waals surface area contributed by atoms with E-state index < -0.39 is 0 Å². The van der Waals surface area contributed by atoms with Crippen LogP contribution in [-0.4, -0.2) is 9.91 Å². The smallest absolute Gasteiger partial charge is 0.258 e. The normalized spacial score (nSPS) is 15.8. The molecule has 0 bridgehead atoms. The first-order valence-electron chi connectivity index (χ1n) is 7.10. The summed E-state index contributed by atoms with van der Waals surface area (Å²) in [6.07, 6.45) is 8.92. The van der Waals surface area contributed by atoms with E-state index in [0.29, 0.717) is 5.92 Å². The molecule has 0 spiro atoms. The second kappa shape index (κ2) is 6.18. The lowest BCUT2D eigenvalue weighted by molar-refractivity contribution is -0.384. The van der Waals surface area contributed by atoms with E-state index in [2.05, 4.69) is 10.4 Å². The highest BCUT2D eigenvalue weighted by atomic mass is 32.1. The van der Waals surface area contributed by atoms with Crippen molar-refractivity contribution in [2.45, 2.75) is 31.6 Å². The summed E-state index contributed by atoms with van der Waals surface area (Å²) < 4.78 is 0. The van der Waals surface area contributed by atoms with E-state index in [9.17, 15) is 10.1 Å². The summed E-state index contributed by atoms with van der Waals surface area (Å²) in [5.74, 6) is 0.626. The van der Waals surface area contributed by atoms with Gasteiger partial charge in [-0.25, -0.2) is 4.98 Å². The Morgan fingerprint density at radius 1 is 1.29 bits per heavy atom. The second-order valence-corrected chi connectivity index (χ2v) is 6.17. The molecular formula is C16H16N2O2S. The highest BCUT2D eigenvalue weighted by molar-refractivity contribution is 7.10. The van der Waals surface area contributed by atoms with Gasteiger partial charge in [-0.05, 0) is 24.5 Å². The highest BCUT2D eigenvalue weighted by Gasteiger charge is 2.19. The average molecular weight is 300 g/mol. The number of thiazole rings is 1. The lowest BCUT2D eigenvalue weighted by Gasteiger charge is -2.02. The maximum Gasteiger partial charge on any atom is 0.270 e. The van der Waals surface area contributed by atoms with E-state index in [4.69, 9.17) is 0 Å². The highest BCUT2D eigenvalue weighted by Crippen LogP contribution is 2.34. The fraction of sp³-hybridized carbons (Fsp3) is 0.312. The van der Waals surface area contributed by atoms with Crippen molar-refractivity contribution in [1.82, 2.24) is 4.98 Å². The molecule has 1 aliphatic carbocycles. The summed E-state index contributed by atoms with van der Waals surface area (Å²) in [6, 6.07) is 6.62. The number of nitro benzene ring substituents is 1. The minimum atomic E-state index is -0.376. The molecule has 0 radical (unpaired) electrons. The first kappa shape index (κ1) is 13.9. The van der Waals surface area contributed by atoms with E-state index in [1.807, 2.05) is 18.2 Å². The third-order valence-electron chi connectivity index (χ3n) is 3.81. The van der Waals surface area contributed by atoms with E-state index >= 15 is 0 Å². The molecule has 2 aromatic rings. The van der Waals surface area contributed by atoms with Gasteiger partial charge in [-0.15, -0.1) is 11.3 Å². The second-order valence-electron chi connectivity index (χ2n) is 5.28. The van der Waals surface area contributed by atoms with Gasteiger partial charge in [0.2, 0.25) is 0 Å². The maximum atomic E-state index is 10.7. The molecule has 1 saturated carbocycles. The van der Waals surface area contributed by atoms with Crippen LogP contribution in [0, 0.1) is 10.1 Å². The van der Waals surface area contributed by atoms with E-state index in [1.165, 1.54) is 37.4 Å². The number of aromatic nitrogens is 1. The number of benzene rings is 1. The van der Waals surface area contributed by atoms with Crippen molar-refractivity contribution in [2.24, 2.45) is 0 Å². The van der Waals surface area contributed by atoms with Gasteiger partial charge in [0.15, 0.2) is 0 Å². The Morgan fingerprint density at radius 3 is 2.86 bits per heavy atom. The van der Waals surface area contributed by atoms with Gasteiger partial charge in [0.1, 0.15) is 5.01 Å². The third-order valence-corrected chi connectivity index (χ3v) is 4.64. The SMILES string of the molecule is O=[N+]([O-])c1cccc(C=Cc2nc(C3CCCC3)cs2)c1. The van der Waals surface area contributed by atoms with Crippen LogP contribution >= 0.6 is 11.3 Å². The standard InChI is InChI=1S/C16H16N2O2S/c19-18(20)14-7-3-4-12(10-14)8-9-16-17-15(11-21-16)13-5-1-2-6-13/h3-4,7-11,13H,1-2,5-6H2. The minimum Gasteiger partial charge on any atom is -0.258 e. The van der Waals surface area contributed by atoms with Crippen LogP contribution in [0.1, 0.15) is 47.9 Å². The van der Waals surface area contributed by atoms with Crippen LogP contribution in [0.5, 0.6) is 0 Å². The summed E-state index contributed by atoms with van der Waals surface area (Å²) in [6.45, 7) is 0. The number of rotatable bonds is 4. The zero-order valence-electron chi connectivity index (χ0n) is 11.6. The van der Waals surface area contributed by atoms with Gasteiger partial charge in [0, 0.05) is 23.4 Å². The summed E-state index contributed by atoms with van der Waals surface area (Å²) in [5, 5.41) is 13.9. The average Bonchev–Trinajstić information content (AvgIpc) is 3.16. The zero-order valence-corrected chi connectivity index (χ0v) is 12.4. The number of nitrogens with zero attached hydrogens (tertiary/aromatic N) is 2. The number of hydrogen-bond acceptors (Lipinski definition) is 4. The largest absolute Gasteiger partial charge is 0.270 e. The van der Waals surface area contributed by atoms with Crippen molar-refractivity contribution in [3.05, 3.63) is 56.0 Å². The van der Waals surface area contributed by atoms with Crippen LogP contribution in [0.4, 0.5) is 5.69 Å². The molecule has 0 amide bonds. The van der Waals surface area contributed by atoms with Gasteiger partial charge in [-0.3, -0.25) is 10.1 Å². The van der Waals surface area contributed by atoms with Crippen LogP contribution in [0.2, 0.25) is 0 Å². The minimum absolute atomic E-state index is 0.114. The summed E-state index contributed by atoms with van der Waals surface area (Å²) in [4.78, 5) is 15.0. The van der Waals surface area contributed by atoms with Gasteiger partial charge in [-0.1, -0.05) is 31.1 Å². The summed E-state index contributed by atoms with van der Waals surface area (Å²) in [5.41, 5.74) is 2.14. The molecular weight excluding hydrogens is 284 g/mol. The molecule has 1 heterocycles. The predicted molar refractivity (Wildman–Crippen MR) is 85.3 cm³/mol. The number of non-ortho nitro benzene ring substituents is 1. The summed E-state index contributed by atoms with van der Waals surface area (Å²) >= 11 is 1.63. The van der Waals surface area contributed by atoms with Crippen molar-refractivity contribution < 1.29 is 4.92 Å². The number of hydrogen-bond donors (Lipinski definition) is 0. The quantitative estimate of drug-likeness (QED) is 0.597. The molecule has 0 unspecified atom stereocenters. The first-order chi connectivity index (χ1) is 10.2. The van der Waals surface area contributed by atoms with Gasteiger partial charge in [-0.2, -0.15) is 0 Å². The van der Waals surface area contributed by atoms with Crippen LogP contribution in [-0.2, 0) is 0 Å². The van der Waals surface area contributed by atoms with Crippen LogP contribution < -0.4 is 0 Å². The Balaban J connectivity index is 1.73. The van der Waals surface area contributed by atoms with E-state index in [-0.39, 0.29) is 10.6 Å². The molecule has 0 atom stereocenters. The monoisotopic (exact) mass is 300 g/mol. The van der Waals surface area contributed by atoms with Gasteiger partial charge in [0.05, 0.1) is 10.6 Å². The fourth-order valence-corrected chi connectivity index (χ4v) is 3.49. The van der Waals surface area contributed by atoms with E-state index in [0.717, 1.165) is 10.6 Å². The molecule has 0 aliphatic heterocycles. The van der Waals surface area contributed by atoms with Crippen LogP contribution in [0.15, 0.2) is 29.6 Å². The van der Waals surface area contributed by atoms with Crippen molar-refractivity contribution in [1.29, 1.82) is 0 Å². The van der Waals surface area contributed by atoms with E-state index in [1.54, 1.807) is 23.5 Å². The van der Waals surface area contributed by atoms with Gasteiger partial charge < -0.3 is 0 Å². The zero-order chi connectivity index (χ0) is 14.7. The summed E-state index contributed by atoms with van der Waals surface area (Å²) in [7, 11) is 0. The van der Waals surface area contributed by atoms with Crippen molar-refractivity contribution >= 4 is 29.2 Å². The molecule has 21 heavy (non-hydrogen) atoms. The van der Waals surface area contributed by atoms with Gasteiger partial charge in [0.25, 0.3) is 5.69 Å². The van der Waals surface area contributed by atoms with Gasteiger partial charge >= 0.3 is 0 Å². The Kier molecular flexibility index (Phi) is 4.10. The molecule has 108 valence electrons. The first-order valence-corrected chi connectivity index (χ1v) is 7.98.